The highest BCUT2D eigenvalue weighted by molar-refractivity contribution is 6.03. The molecule has 0 bridgehead atoms. The Balaban J connectivity index is 2.43. The number of carboxylic acids is 2. The third-order valence-electron chi connectivity index (χ3n) is 3.69. The van der Waals surface area contributed by atoms with Gasteiger partial charge in [-0.2, -0.15) is 13.2 Å². The van der Waals surface area contributed by atoms with Gasteiger partial charge in [0.05, 0.1) is 5.56 Å². The maximum atomic E-state index is 14.0. The van der Waals surface area contributed by atoms with Gasteiger partial charge in [0, 0.05) is 5.56 Å². The first-order chi connectivity index (χ1) is 12.9. The minimum Gasteiger partial charge on any atom is -0.478 e. The topological polar surface area (TPSA) is 83.8 Å². The number of ether oxygens (including phenoxy) is 1. The van der Waals surface area contributed by atoms with E-state index in [0.717, 1.165) is 30.3 Å². The van der Waals surface area contributed by atoms with Gasteiger partial charge in [-0.3, -0.25) is 0 Å². The molecule has 1 atom stereocenters. The summed E-state index contributed by atoms with van der Waals surface area (Å²) in [5, 5.41) is 18.2. The maximum absolute atomic E-state index is 14.0. The Morgan fingerprint density at radius 3 is 1.89 bits per heavy atom. The number of hydrogen-bond donors (Lipinski definition) is 2. The van der Waals surface area contributed by atoms with Gasteiger partial charge in [0.1, 0.15) is 17.1 Å². The smallest absolute Gasteiger partial charge is 0.432 e. The first-order valence-corrected chi connectivity index (χ1v) is 7.31. The summed E-state index contributed by atoms with van der Waals surface area (Å²) in [6.07, 6.45) is -10.3. The first-order valence-electron chi connectivity index (χ1n) is 7.31. The lowest BCUT2D eigenvalue weighted by molar-refractivity contribution is -0.274. The summed E-state index contributed by atoms with van der Waals surface area (Å²) in [4.78, 5) is 22.4. The van der Waals surface area contributed by atoms with Gasteiger partial charge >= 0.3 is 18.1 Å². The minimum absolute atomic E-state index is 0.326. The second-order valence-corrected chi connectivity index (χ2v) is 5.43. The molecule has 2 rings (SSSR count). The van der Waals surface area contributed by atoms with Crippen LogP contribution in [0, 0.1) is 0 Å². The van der Waals surface area contributed by atoms with Gasteiger partial charge in [-0.15, -0.1) is 0 Å². The predicted octanol–water partition coefficient (Wildman–Crippen LogP) is 4.87. The van der Waals surface area contributed by atoms with E-state index in [2.05, 4.69) is 0 Å². The van der Waals surface area contributed by atoms with E-state index in [-0.39, 0.29) is 5.75 Å². The molecule has 0 heterocycles. The van der Waals surface area contributed by atoms with Crippen LogP contribution in [0.5, 0.6) is 11.5 Å². The molecule has 0 aliphatic carbocycles. The van der Waals surface area contributed by atoms with E-state index in [4.69, 9.17) is 9.84 Å². The number of aromatic carboxylic acids is 2. The van der Waals surface area contributed by atoms with E-state index in [1.54, 1.807) is 0 Å². The Labute approximate surface area is 152 Å². The number of carboxylic acid groups (broad SMARTS) is 2. The molecule has 2 aromatic rings. The monoisotopic (exact) mass is 408 g/mol. The summed E-state index contributed by atoms with van der Waals surface area (Å²) in [7, 11) is 0. The van der Waals surface area contributed by atoms with Gasteiger partial charge in [-0.1, -0.05) is 18.2 Å². The van der Waals surface area contributed by atoms with Crippen LogP contribution in [-0.2, 0) is 5.67 Å². The van der Waals surface area contributed by atoms with Crippen LogP contribution in [0.1, 0.15) is 26.3 Å². The van der Waals surface area contributed by atoms with E-state index in [0.29, 0.717) is 12.1 Å². The van der Waals surface area contributed by atoms with Crippen molar-refractivity contribution in [3.05, 3.63) is 59.2 Å². The van der Waals surface area contributed by atoms with Gasteiger partial charge in [-0.25, -0.2) is 22.8 Å². The molecule has 0 radical (unpaired) electrons. The summed E-state index contributed by atoms with van der Waals surface area (Å²) in [6, 6.07) is 5.50. The molecular weight excluding hydrogens is 398 g/mol. The molecule has 0 amide bonds. The molecule has 2 aromatic carbocycles. The highest BCUT2D eigenvalue weighted by atomic mass is 19.4. The van der Waals surface area contributed by atoms with Gasteiger partial charge in [0.2, 0.25) is 0 Å². The maximum Gasteiger partial charge on any atom is 0.432 e. The van der Waals surface area contributed by atoms with Crippen LogP contribution in [0.3, 0.4) is 0 Å². The Bertz CT molecular complexity index is 894. The Hall–Kier alpha value is -3.24. The second-order valence-electron chi connectivity index (χ2n) is 5.43. The molecule has 1 unspecified atom stereocenters. The predicted molar refractivity (Wildman–Crippen MR) is 81.7 cm³/mol. The number of benzene rings is 2. The van der Waals surface area contributed by atoms with E-state index >= 15 is 0 Å². The van der Waals surface area contributed by atoms with E-state index < -0.39 is 52.6 Å². The molecule has 0 aromatic heterocycles. The van der Waals surface area contributed by atoms with Crippen LogP contribution in [0.25, 0.3) is 0 Å². The van der Waals surface area contributed by atoms with E-state index in [1.165, 1.54) is 0 Å². The standard InChI is InChI=1S/C17H10F6O5/c18-15(19)16(20,17(21,22)23)8-4-6-9(7-5-8)28-11-3-1-2-10(13(24)25)12(11)14(26)27/h1-7,15H,(H,24,25)(H,26,27). The zero-order chi connectivity index (χ0) is 21.3. The zero-order valence-electron chi connectivity index (χ0n) is 13.5. The molecule has 2 N–H and O–H groups in total. The number of alkyl halides is 6. The van der Waals surface area contributed by atoms with Crippen LogP contribution in [0.2, 0.25) is 0 Å². The number of halogens is 6. The summed E-state index contributed by atoms with van der Waals surface area (Å²) in [5.41, 5.74) is -7.62. The lowest BCUT2D eigenvalue weighted by Crippen LogP contribution is -2.44. The highest BCUT2D eigenvalue weighted by Gasteiger charge is 2.63. The second kappa shape index (κ2) is 7.41. The third-order valence-corrected chi connectivity index (χ3v) is 3.69. The van der Waals surface area contributed by atoms with Crippen molar-refractivity contribution in [1.29, 1.82) is 0 Å². The number of carbonyl (C=O) groups is 2. The highest BCUT2D eigenvalue weighted by Crippen LogP contribution is 2.47. The third kappa shape index (κ3) is 3.73. The Morgan fingerprint density at radius 1 is 0.893 bits per heavy atom. The van der Waals surface area contributed by atoms with Gasteiger partial charge in [0.25, 0.3) is 12.1 Å². The van der Waals surface area contributed by atoms with Gasteiger partial charge in [0.15, 0.2) is 0 Å². The van der Waals surface area contributed by atoms with Gasteiger partial charge in [-0.05, 0) is 24.3 Å². The average molecular weight is 408 g/mol. The average Bonchev–Trinajstić information content (AvgIpc) is 2.60. The fourth-order valence-electron chi connectivity index (χ4n) is 2.32. The zero-order valence-corrected chi connectivity index (χ0v) is 13.5. The van der Waals surface area contributed by atoms with Crippen molar-refractivity contribution in [3.63, 3.8) is 0 Å². The summed E-state index contributed by atoms with van der Waals surface area (Å²) < 4.78 is 82.8. The quantitative estimate of drug-likeness (QED) is 0.667. The SMILES string of the molecule is O=C(O)c1cccc(Oc2ccc(C(F)(C(F)F)C(F)(F)F)cc2)c1C(=O)O. The molecule has 0 saturated carbocycles. The van der Waals surface area contributed by atoms with Crippen LogP contribution in [-0.4, -0.2) is 34.8 Å². The van der Waals surface area contributed by atoms with Crippen molar-refractivity contribution in [1.82, 2.24) is 0 Å². The normalized spacial score (nSPS) is 13.8. The molecule has 11 heteroatoms. The molecule has 0 fully saturated rings. The lowest BCUT2D eigenvalue weighted by Gasteiger charge is -2.27. The van der Waals surface area contributed by atoms with Crippen LogP contribution in [0.4, 0.5) is 26.3 Å². The van der Waals surface area contributed by atoms with Crippen LogP contribution >= 0.6 is 0 Å². The van der Waals surface area contributed by atoms with Crippen molar-refractivity contribution >= 4 is 11.9 Å². The molecule has 0 spiro atoms. The Kier molecular flexibility index (Phi) is 5.57. The lowest BCUT2D eigenvalue weighted by atomic mass is 9.95. The van der Waals surface area contributed by atoms with Crippen molar-refractivity contribution in [2.45, 2.75) is 18.3 Å². The van der Waals surface area contributed by atoms with Crippen molar-refractivity contribution in [3.8, 4) is 11.5 Å². The number of hydrogen-bond acceptors (Lipinski definition) is 3. The fourth-order valence-corrected chi connectivity index (χ4v) is 2.32. The van der Waals surface area contributed by atoms with Crippen LogP contribution in [0.15, 0.2) is 42.5 Å². The van der Waals surface area contributed by atoms with E-state index in [1.807, 2.05) is 0 Å². The molecule has 0 saturated heterocycles. The largest absolute Gasteiger partial charge is 0.478 e. The van der Waals surface area contributed by atoms with E-state index in [9.17, 15) is 41.0 Å². The minimum atomic E-state index is -5.88. The van der Waals surface area contributed by atoms with Gasteiger partial charge < -0.3 is 14.9 Å². The fraction of sp³-hybridized carbons (Fsp3) is 0.176. The summed E-state index contributed by atoms with van der Waals surface area (Å²) in [6.45, 7) is 0. The van der Waals surface area contributed by atoms with Crippen molar-refractivity contribution in [2.24, 2.45) is 0 Å². The summed E-state index contributed by atoms with van der Waals surface area (Å²) in [5.74, 6) is -4.01. The summed E-state index contributed by atoms with van der Waals surface area (Å²) >= 11 is 0. The number of rotatable bonds is 6. The molecular formula is C17H10F6O5. The Morgan fingerprint density at radius 2 is 1.46 bits per heavy atom. The van der Waals surface area contributed by atoms with Crippen molar-refractivity contribution in [2.75, 3.05) is 0 Å². The first kappa shape index (κ1) is 21.1. The molecule has 0 aliphatic rings. The molecule has 28 heavy (non-hydrogen) atoms. The van der Waals surface area contributed by atoms with Crippen molar-refractivity contribution < 1.29 is 50.9 Å². The molecule has 5 nitrogen and oxygen atoms in total. The molecule has 0 aliphatic heterocycles. The molecule has 150 valence electrons. The van der Waals surface area contributed by atoms with Crippen LogP contribution < -0.4 is 4.74 Å².